The predicted octanol–water partition coefficient (Wildman–Crippen LogP) is 2.99. The van der Waals surface area contributed by atoms with Crippen LogP contribution in [0.3, 0.4) is 0 Å². The number of anilines is 1. The number of benzene rings is 1. The van der Waals surface area contributed by atoms with Crippen LogP contribution >= 0.6 is 0 Å². The van der Waals surface area contributed by atoms with Gasteiger partial charge in [0.05, 0.1) is 0 Å². The van der Waals surface area contributed by atoms with E-state index in [-0.39, 0.29) is 5.91 Å². The Balaban J connectivity index is 1.90. The largest absolute Gasteiger partial charge is 0.375 e. The number of nitrogens with one attached hydrogen (secondary N) is 1. The summed E-state index contributed by atoms with van der Waals surface area (Å²) in [7, 11) is 4.11. The van der Waals surface area contributed by atoms with Crippen LogP contribution in [-0.4, -0.2) is 51.1 Å². The van der Waals surface area contributed by atoms with Crippen LogP contribution in [0.5, 0.6) is 0 Å². The number of hydrogen-bond acceptors (Lipinski definition) is 3. The van der Waals surface area contributed by atoms with Crippen molar-refractivity contribution in [2.45, 2.75) is 32.6 Å². The molecule has 128 valence electrons. The Morgan fingerprint density at radius 3 is 2.48 bits per heavy atom. The fourth-order valence-corrected chi connectivity index (χ4v) is 3.19. The summed E-state index contributed by atoms with van der Waals surface area (Å²) in [5.41, 5.74) is 1.99. The molecule has 4 nitrogen and oxygen atoms in total. The molecule has 0 bridgehead atoms. The zero-order valence-electron chi connectivity index (χ0n) is 14.8. The van der Waals surface area contributed by atoms with Gasteiger partial charge in [-0.25, -0.2) is 0 Å². The molecule has 1 aliphatic heterocycles. The zero-order chi connectivity index (χ0) is 16.7. The van der Waals surface area contributed by atoms with E-state index in [2.05, 4.69) is 36.3 Å². The van der Waals surface area contributed by atoms with E-state index in [1.54, 1.807) is 0 Å². The van der Waals surface area contributed by atoms with Gasteiger partial charge >= 0.3 is 0 Å². The number of amides is 1. The lowest BCUT2D eigenvalue weighted by atomic mass is 9.96. The molecule has 1 N–H and O–H groups in total. The first-order valence-electron chi connectivity index (χ1n) is 8.90. The van der Waals surface area contributed by atoms with E-state index >= 15 is 0 Å². The van der Waals surface area contributed by atoms with Crippen LogP contribution in [0.2, 0.25) is 0 Å². The fraction of sp³-hybridized carbons (Fsp3) is 0.632. The summed E-state index contributed by atoms with van der Waals surface area (Å²) >= 11 is 0. The van der Waals surface area contributed by atoms with Crippen molar-refractivity contribution in [2.24, 2.45) is 5.92 Å². The lowest BCUT2D eigenvalue weighted by molar-refractivity contribution is 0.0691. The highest BCUT2D eigenvalue weighted by atomic mass is 16.2. The van der Waals surface area contributed by atoms with Crippen LogP contribution in [0, 0.1) is 5.92 Å². The topological polar surface area (TPSA) is 35.6 Å². The van der Waals surface area contributed by atoms with Crippen molar-refractivity contribution in [2.75, 3.05) is 45.2 Å². The maximum absolute atomic E-state index is 12.6. The second-order valence-electron chi connectivity index (χ2n) is 6.62. The first-order valence-corrected chi connectivity index (χ1v) is 8.90. The Bertz CT molecular complexity index is 478. The van der Waals surface area contributed by atoms with Gasteiger partial charge in [-0.1, -0.05) is 13.3 Å². The number of hydrogen-bond donors (Lipinski definition) is 1. The van der Waals surface area contributed by atoms with Gasteiger partial charge in [-0.05, 0) is 63.0 Å². The first kappa shape index (κ1) is 17.8. The molecule has 0 unspecified atom stereocenters. The molecule has 1 aromatic rings. The molecule has 0 atom stereocenters. The van der Waals surface area contributed by atoms with Gasteiger partial charge < -0.3 is 15.1 Å². The lowest BCUT2D eigenvalue weighted by Gasteiger charge is -2.32. The molecular formula is C19H31N3O. The van der Waals surface area contributed by atoms with Crippen molar-refractivity contribution in [3.63, 3.8) is 0 Å². The minimum atomic E-state index is 0.177. The molecular weight excluding hydrogens is 286 g/mol. The molecule has 1 fully saturated rings. The van der Waals surface area contributed by atoms with Crippen molar-refractivity contribution in [1.29, 1.82) is 0 Å². The van der Waals surface area contributed by atoms with Crippen LogP contribution in [0.4, 0.5) is 5.69 Å². The van der Waals surface area contributed by atoms with Crippen molar-refractivity contribution in [3.05, 3.63) is 29.8 Å². The molecule has 0 radical (unpaired) electrons. The third-order valence-electron chi connectivity index (χ3n) is 4.80. The Kier molecular flexibility index (Phi) is 6.90. The van der Waals surface area contributed by atoms with Gasteiger partial charge in [0.15, 0.2) is 0 Å². The SMILES string of the molecule is CCCCN(C)c1ccc(C(=O)N2CCC(CNC)CC2)cc1. The number of piperidine rings is 1. The minimum absolute atomic E-state index is 0.177. The van der Waals surface area contributed by atoms with Crippen molar-refractivity contribution < 1.29 is 4.79 Å². The number of carbonyl (C=O) groups excluding carboxylic acids is 1. The van der Waals surface area contributed by atoms with Crippen molar-refractivity contribution in [3.8, 4) is 0 Å². The standard InChI is InChI=1S/C19H31N3O/c1-4-5-12-21(3)18-8-6-17(7-9-18)19(23)22-13-10-16(11-14-22)15-20-2/h6-9,16,20H,4-5,10-15H2,1-3H3. The maximum atomic E-state index is 12.6. The Labute approximate surface area is 140 Å². The minimum Gasteiger partial charge on any atom is -0.375 e. The monoisotopic (exact) mass is 317 g/mol. The first-order chi connectivity index (χ1) is 11.2. The highest BCUT2D eigenvalue weighted by Gasteiger charge is 2.23. The number of rotatable bonds is 7. The zero-order valence-corrected chi connectivity index (χ0v) is 14.8. The summed E-state index contributed by atoms with van der Waals surface area (Å²) in [5.74, 6) is 0.884. The van der Waals surface area contributed by atoms with Gasteiger partial charge in [-0.15, -0.1) is 0 Å². The third-order valence-corrected chi connectivity index (χ3v) is 4.80. The molecule has 1 aromatic carbocycles. The molecule has 1 heterocycles. The van der Waals surface area contributed by atoms with E-state index in [0.29, 0.717) is 5.92 Å². The van der Waals surface area contributed by atoms with E-state index in [0.717, 1.165) is 44.6 Å². The smallest absolute Gasteiger partial charge is 0.253 e. The van der Waals surface area contributed by atoms with Gasteiger partial charge in [0.2, 0.25) is 0 Å². The van der Waals surface area contributed by atoms with E-state index in [1.807, 2.05) is 24.1 Å². The van der Waals surface area contributed by atoms with Crippen molar-refractivity contribution in [1.82, 2.24) is 10.2 Å². The number of likely N-dealkylation sites (tertiary alicyclic amines) is 1. The fourth-order valence-electron chi connectivity index (χ4n) is 3.19. The van der Waals surface area contributed by atoms with Gasteiger partial charge in [-0.2, -0.15) is 0 Å². The van der Waals surface area contributed by atoms with Crippen LogP contribution in [-0.2, 0) is 0 Å². The molecule has 1 saturated heterocycles. The number of unbranched alkanes of at least 4 members (excludes halogenated alkanes) is 1. The Morgan fingerprint density at radius 1 is 1.26 bits per heavy atom. The molecule has 4 heteroatoms. The summed E-state index contributed by atoms with van der Waals surface area (Å²) in [6, 6.07) is 8.08. The molecule has 0 spiro atoms. The highest BCUT2D eigenvalue weighted by molar-refractivity contribution is 5.94. The second kappa shape index (κ2) is 8.92. The van der Waals surface area contributed by atoms with Crippen LogP contribution in [0.15, 0.2) is 24.3 Å². The predicted molar refractivity (Wildman–Crippen MR) is 97.2 cm³/mol. The molecule has 1 aliphatic rings. The molecule has 1 amide bonds. The summed E-state index contributed by atoms with van der Waals surface area (Å²) in [5, 5.41) is 3.24. The molecule has 0 aromatic heterocycles. The molecule has 0 saturated carbocycles. The van der Waals surface area contributed by atoms with Gasteiger partial charge in [-0.3, -0.25) is 4.79 Å². The molecule has 2 rings (SSSR count). The van der Waals surface area contributed by atoms with E-state index in [9.17, 15) is 4.79 Å². The average molecular weight is 317 g/mol. The van der Waals surface area contributed by atoms with E-state index in [4.69, 9.17) is 0 Å². The maximum Gasteiger partial charge on any atom is 0.253 e. The lowest BCUT2D eigenvalue weighted by Crippen LogP contribution is -2.40. The normalized spacial score (nSPS) is 15.7. The number of nitrogens with zero attached hydrogens (tertiary/aromatic N) is 2. The van der Waals surface area contributed by atoms with Gasteiger partial charge in [0.25, 0.3) is 5.91 Å². The summed E-state index contributed by atoms with van der Waals surface area (Å²) in [4.78, 5) is 16.9. The second-order valence-corrected chi connectivity index (χ2v) is 6.62. The van der Waals surface area contributed by atoms with Crippen LogP contribution in [0.25, 0.3) is 0 Å². The Morgan fingerprint density at radius 2 is 1.91 bits per heavy atom. The number of carbonyl (C=O) groups is 1. The van der Waals surface area contributed by atoms with Gasteiger partial charge in [0.1, 0.15) is 0 Å². The highest BCUT2D eigenvalue weighted by Crippen LogP contribution is 2.20. The quantitative estimate of drug-likeness (QED) is 0.840. The third kappa shape index (κ3) is 4.96. The van der Waals surface area contributed by atoms with Crippen molar-refractivity contribution >= 4 is 11.6 Å². The van der Waals surface area contributed by atoms with E-state index < -0.39 is 0 Å². The van der Waals surface area contributed by atoms with Crippen LogP contribution < -0.4 is 10.2 Å². The summed E-state index contributed by atoms with van der Waals surface area (Å²) in [6.45, 7) is 6.08. The molecule has 0 aliphatic carbocycles. The average Bonchev–Trinajstić information content (AvgIpc) is 2.60. The van der Waals surface area contributed by atoms with Gasteiger partial charge in [0, 0.05) is 37.9 Å². The van der Waals surface area contributed by atoms with Crippen LogP contribution in [0.1, 0.15) is 43.0 Å². The summed E-state index contributed by atoms with van der Waals surface area (Å²) < 4.78 is 0. The Hall–Kier alpha value is -1.55. The summed E-state index contributed by atoms with van der Waals surface area (Å²) in [6.07, 6.45) is 4.60. The van der Waals surface area contributed by atoms with E-state index in [1.165, 1.54) is 18.5 Å². The molecule has 23 heavy (non-hydrogen) atoms.